The highest BCUT2D eigenvalue weighted by molar-refractivity contribution is 6.05. The second kappa shape index (κ2) is 21.9. The van der Waals surface area contributed by atoms with E-state index in [1.165, 1.54) is 57.8 Å². The van der Waals surface area contributed by atoms with Gasteiger partial charge in [0.2, 0.25) is 0 Å². The molecule has 0 saturated carbocycles. The van der Waals surface area contributed by atoms with Crippen LogP contribution in [-0.2, 0) is 9.47 Å². The summed E-state index contributed by atoms with van der Waals surface area (Å²) >= 11 is 0. The number of ether oxygens (including phenoxy) is 5. The minimum absolute atomic E-state index is 0.199. The number of carbonyl (C=O) groups excluding carboxylic acids is 2. The zero-order valence-corrected chi connectivity index (χ0v) is 34.3. The number of hydrogen-bond acceptors (Lipinski definition) is 7. The third-order valence-corrected chi connectivity index (χ3v) is 11.3. The molecule has 1 fully saturated rings. The lowest BCUT2D eigenvalue weighted by molar-refractivity contribution is -0.150. The van der Waals surface area contributed by atoms with Gasteiger partial charge in [0.1, 0.15) is 17.2 Å². The number of esters is 1. The fourth-order valence-electron chi connectivity index (χ4n) is 7.42. The number of anilines is 1. The van der Waals surface area contributed by atoms with Gasteiger partial charge in [-0.25, -0.2) is 9.18 Å². The van der Waals surface area contributed by atoms with Crippen LogP contribution in [0.15, 0.2) is 84.9 Å². The molecule has 1 heterocycles. The van der Waals surface area contributed by atoms with Crippen LogP contribution < -0.4 is 19.5 Å². The fourth-order valence-corrected chi connectivity index (χ4v) is 7.42. The molecule has 0 bridgehead atoms. The lowest BCUT2D eigenvalue weighted by Gasteiger charge is -2.40. The number of rotatable bonds is 25. The Balaban J connectivity index is 0.909. The Morgan fingerprint density at radius 2 is 1.19 bits per heavy atom. The number of amides is 1. The predicted molar refractivity (Wildman–Crippen MR) is 227 cm³/mol. The Bertz CT molecular complexity index is 1900. The maximum Gasteiger partial charge on any atom is 0.343 e. The Labute approximate surface area is 343 Å². The van der Waals surface area contributed by atoms with Gasteiger partial charge in [0, 0.05) is 28.8 Å². The largest absolute Gasteiger partial charge is 0.494 e. The number of unbranched alkanes of at least 4 members (excludes halogenated alkanes) is 10. The topological polar surface area (TPSA) is 92.3 Å². The van der Waals surface area contributed by atoms with Crippen molar-refractivity contribution in [2.75, 3.05) is 45.0 Å². The molecule has 6 rings (SSSR count). The first-order valence-electron chi connectivity index (χ1n) is 21.4. The maximum absolute atomic E-state index is 15.9. The summed E-state index contributed by atoms with van der Waals surface area (Å²) in [5.41, 5.74) is 3.73. The molecule has 58 heavy (non-hydrogen) atoms. The molecule has 4 aromatic rings. The van der Waals surface area contributed by atoms with Crippen LogP contribution in [0, 0.1) is 5.41 Å². The number of hydrogen-bond donors (Lipinski definition) is 1. The van der Waals surface area contributed by atoms with E-state index < -0.39 is 12.1 Å². The average molecular weight is 794 g/mol. The van der Waals surface area contributed by atoms with Gasteiger partial charge in [0.25, 0.3) is 5.91 Å². The van der Waals surface area contributed by atoms with Gasteiger partial charge in [-0.15, -0.1) is 0 Å². The van der Waals surface area contributed by atoms with Crippen molar-refractivity contribution < 1.29 is 37.7 Å². The minimum Gasteiger partial charge on any atom is -0.494 e. The van der Waals surface area contributed by atoms with E-state index in [1.807, 2.05) is 24.3 Å². The van der Waals surface area contributed by atoms with Gasteiger partial charge in [-0.3, -0.25) is 4.79 Å². The number of nitrogens with one attached hydrogen (secondary N) is 1. The quantitative estimate of drug-likeness (QED) is 0.0406. The highest BCUT2D eigenvalue weighted by Gasteiger charge is 2.37. The number of carbonyl (C=O) groups is 2. The highest BCUT2D eigenvalue weighted by Crippen LogP contribution is 2.47. The van der Waals surface area contributed by atoms with E-state index in [1.54, 1.807) is 60.7 Å². The molecule has 310 valence electrons. The normalized spacial score (nSPS) is 14.9. The molecule has 8 nitrogen and oxygen atoms in total. The van der Waals surface area contributed by atoms with Crippen molar-refractivity contribution in [2.45, 2.75) is 103 Å². The van der Waals surface area contributed by atoms with Gasteiger partial charge < -0.3 is 29.0 Å². The molecule has 1 aliphatic heterocycles. The van der Waals surface area contributed by atoms with Gasteiger partial charge in [0.05, 0.1) is 38.6 Å². The van der Waals surface area contributed by atoms with E-state index in [4.69, 9.17) is 23.7 Å². The van der Waals surface area contributed by atoms with Gasteiger partial charge >= 0.3 is 5.97 Å². The lowest BCUT2D eigenvalue weighted by Crippen LogP contribution is -2.45. The Kier molecular flexibility index (Phi) is 16.2. The summed E-state index contributed by atoms with van der Waals surface area (Å²) < 4.78 is 44.5. The van der Waals surface area contributed by atoms with Gasteiger partial charge in [-0.1, -0.05) is 83.8 Å². The number of alkyl halides is 1. The van der Waals surface area contributed by atoms with E-state index in [2.05, 4.69) is 19.2 Å². The van der Waals surface area contributed by atoms with Crippen molar-refractivity contribution in [1.29, 1.82) is 0 Å². The zero-order valence-electron chi connectivity index (χ0n) is 34.3. The molecule has 1 N–H and O–H groups in total. The summed E-state index contributed by atoms with van der Waals surface area (Å²) in [5, 5.41) is 2.91. The molecular formula is C49H60FNO7. The fraction of sp³-hybridized carbons (Fsp3) is 0.469. The van der Waals surface area contributed by atoms with E-state index in [0.717, 1.165) is 51.3 Å². The standard InChI is InChI=1S/C49H60FNO7/c1-3-5-6-7-8-9-10-11-12-13-29-56-40-23-19-38(20-24-40)51-47(52)37-18-26-42-43-27-25-41(32-45(43)46(50)44(42)31-37)58-48(53)36-16-21-39(22-17-36)57-30-15-14-28-54-33-49(4-2)34-55-35-49/h16-27,31-32,46H,3-15,28-30,33-35H2,1-2H3,(H,51,52). The van der Waals surface area contributed by atoms with Crippen LogP contribution in [0.4, 0.5) is 10.1 Å². The van der Waals surface area contributed by atoms with Crippen LogP contribution in [0.25, 0.3) is 11.1 Å². The second-order valence-corrected chi connectivity index (χ2v) is 15.8. The molecule has 4 aromatic carbocycles. The Morgan fingerprint density at radius 3 is 1.81 bits per heavy atom. The summed E-state index contributed by atoms with van der Waals surface area (Å²) in [6.45, 7) is 8.65. The van der Waals surface area contributed by atoms with Crippen LogP contribution in [0.5, 0.6) is 17.2 Å². The summed E-state index contributed by atoms with van der Waals surface area (Å²) in [6, 6.07) is 24.1. The summed E-state index contributed by atoms with van der Waals surface area (Å²) in [7, 11) is 0. The van der Waals surface area contributed by atoms with Crippen molar-refractivity contribution in [3.05, 3.63) is 107 Å². The first-order chi connectivity index (χ1) is 28.4. The molecule has 2 aliphatic rings. The number of benzene rings is 4. The van der Waals surface area contributed by atoms with Crippen molar-refractivity contribution in [2.24, 2.45) is 5.41 Å². The van der Waals surface area contributed by atoms with Crippen LogP contribution in [0.3, 0.4) is 0 Å². The first kappa shape index (κ1) is 42.9. The summed E-state index contributed by atoms with van der Waals surface area (Å²) in [5.74, 6) is 0.784. The first-order valence-corrected chi connectivity index (χ1v) is 21.4. The lowest BCUT2D eigenvalue weighted by atomic mass is 9.84. The second-order valence-electron chi connectivity index (χ2n) is 15.8. The molecule has 9 heteroatoms. The molecule has 1 amide bonds. The van der Waals surface area contributed by atoms with E-state index in [9.17, 15) is 9.59 Å². The average Bonchev–Trinajstić information content (AvgIpc) is 3.51. The van der Waals surface area contributed by atoms with Crippen molar-refractivity contribution in [1.82, 2.24) is 0 Å². The maximum atomic E-state index is 15.9. The van der Waals surface area contributed by atoms with Crippen molar-refractivity contribution >= 4 is 17.6 Å². The third kappa shape index (κ3) is 11.9. The molecule has 1 aliphatic carbocycles. The highest BCUT2D eigenvalue weighted by atomic mass is 19.1. The predicted octanol–water partition coefficient (Wildman–Crippen LogP) is 12.1. The molecule has 1 atom stereocenters. The zero-order chi connectivity index (χ0) is 40.6. The minimum atomic E-state index is -1.48. The molecule has 0 aromatic heterocycles. The molecule has 1 unspecified atom stereocenters. The summed E-state index contributed by atoms with van der Waals surface area (Å²) in [4.78, 5) is 26.2. The Hall–Kier alpha value is -4.73. The van der Waals surface area contributed by atoms with Gasteiger partial charge in [-0.05, 0) is 115 Å². The van der Waals surface area contributed by atoms with Crippen LogP contribution in [0.2, 0.25) is 0 Å². The van der Waals surface area contributed by atoms with Crippen LogP contribution in [-0.4, -0.2) is 51.5 Å². The van der Waals surface area contributed by atoms with E-state index in [0.29, 0.717) is 64.6 Å². The number of fused-ring (bicyclic) bond motifs is 3. The van der Waals surface area contributed by atoms with Crippen molar-refractivity contribution in [3.63, 3.8) is 0 Å². The monoisotopic (exact) mass is 793 g/mol. The summed E-state index contributed by atoms with van der Waals surface area (Å²) in [6.07, 6.45) is 14.1. The van der Waals surface area contributed by atoms with Crippen LogP contribution in [0.1, 0.15) is 135 Å². The molecule has 0 radical (unpaired) electrons. The van der Waals surface area contributed by atoms with Gasteiger partial charge in [0.15, 0.2) is 6.17 Å². The Morgan fingerprint density at radius 1 is 0.655 bits per heavy atom. The van der Waals surface area contributed by atoms with E-state index in [-0.39, 0.29) is 17.1 Å². The third-order valence-electron chi connectivity index (χ3n) is 11.3. The van der Waals surface area contributed by atoms with E-state index >= 15 is 4.39 Å². The SMILES string of the molecule is CCCCCCCCCCCCOc1ccc(NC(=O)c2ccc3c(c2)C(F)c2cc(OC(=O)c4ccc(OCCCCOCC5(CC)COC5)cc4)ccc2-3)cc1. The van der Waals surface area contributed by atoms with Gasteiger partial charge in [-0.2, -0.15) is 0 Å². The number of halogens is 1. The molecular weight excluding hydrogens is 734 g/mol. The molecule has 1 saturated heterocycles. The smallest absolute Gasteiger partial charge is 0.343 e. The van der Waals surface area contributed by atoms with Crippen molar-refractivity contribution in [3.8, 4) is 28.4 Å². The van der Waals surface area contributed by atoms with Crippen LogP contribution >= 0.6 is 0 Å². The molecule has 0 spiro atoms.